The maximum Gasteiger partial charge on any atom is 0.245 e. The molecule has 0 spiro atoms. The molecule has 2 heterocycles. The summed E-state index contributed by atoms with van der Waals surface area (Å²) >= 11 is 7.39. The molecule has 0 bridgehead atoms. The zero-order valence-corrected chi connectivity index (χ0v) is 15.8. The number of hydrogen-bond donors (Lipinski definition) is 2. The summed E-state index contributed by atoms with van der Waals surface area (Å²) in [5.41, 5.74) is 2.48. The quantitative estimate of drug-likeness (QED) is 0.605. The van der Waals surface area contributed by atoms with Gasteiger partial charge in [0.25, 0.3) is 0 Å². The molecule has 1 atom stereocenters. The first-order valence-corrected chi connectivity index (χ1v) is 10.7. The fraction of sp³-hybridized carbons (Fsp3) is 0.353. The lowest BCUT2D eigenvalue weighted by Crippen LogP contribution is -2.43. The molecule has 0 radical (unpaired) electrons. The number of halogens is 1. The van der Waals surface area contributed by atoms with E-state index in [1.54, 1.807) is 17.6 Å². The van der Waals surface area contributed by atoms with E-state index in [0.29, 0.717) is 22.7 Å². The topological polar surface area (TPSA) is 83.5 Å². The van der Waals surface area contributed by atoms with Gasteiger partial charge in [0.15, 0.2) is 9.84 Å². The van der Waals surface area contributed by atoms with E-state index >= 15 is 0 Å². The lowest BCUT2D eigenvalue weighted by Gasteiger charge is -2.35. The minimum atomic E-state index is -3.51. The smallest absolute Gasteiger partial charge is 0.245 e. The van der Waals surface area contributed by atoms with E-state index in [9.17, 15) is 13.2 Å². The van der Waals surface area contributed by atoms with Crippen LogP contribution in [0.5, 0.6) is 0 Å². The van der Waals surface area contributed by atoms with Gasteiger partial charge in [0.1, 0.15) is 4.75 Å². The first-order valence-electron chi connectivity index (χ1n) is 7.89. The second-order valence-electron chi connectivity index (χ2n) is 6.16. The van der Waals surface area contributed by atoms with Crippen LogP contribution in [0.1, 0.15) is 30.6 Å². The van der Waals surface area contributed by atoms with Gasteiger partial charge in [-0.25, -0.2) is 13.9 Å². The monoisotopic (exact) mass is 399 g/mol. The molecule has 1 aliphatic heterocycles. The van der Waals surface area contributed by atoms with Crippen LogP contribution in [0.25, 0.3) is 10.4 Å². The Bertz CT molecular complexity index is 894. The van der Waals surface area contributed by atoms with Crippen molar-refractivity contribution < 1.29 is 18.4 Å². The normalized spacial score (nSPS) is 22.5. The lowest BCUT2D eigenvalue weighted by atomic mass is 9.94. The number of nitrogens with one attached hydrogen (secondary N) is 1. The van der Waals surface area contributed by atoms with E-state index in [1.165, 1.54) is 11.3 Å². The van der Waals surface area contributed by atoms with Crippen molar-refractivity contribution >= 4 is 38.7 Å². The molecule has 2 N–H and O–H groups in total. The third-order valence-electron chi connectivity index (χ3n) is 4.57. The summed E-state index contributed by atoms with van der Waals surface area (Å²) in [6.07, 6.45) is 1.42. The Balaban J connectivity index is 2.07. The second-order valence-corrected chi connectivity index (χ2v) is 10.1. The predicted molar refractivity (Wildman–Crippen MR) is 98.6 cm³/mol. The van der Waals surface area contributed by atoms with Gasteiger partial charge in [-0.1, -0.05) is 30.2 Å². The maximum atomic E-state index is 12.9. The Hall–Kier alpha value is -1.41. The number of thiophene rings is 1. The molecule has 1 saturated heterocycles. The van der Waals surface area contributed by atoms with E-state index in [0.717, 1.165) is 16.9 Å². The first kappa shape index (κ1) is 18.4. The van der Waals surface area contributed by atoms with Crippen molar-refractivity contribution in [1.29, 1.82) is 0 Å². The molecule has 5 nitrogen and oxygen atoms in total. The van der Waals surface area contributed by atoms with E-state index in [-0.39, 0.29) is 12.2 Å². The summed E-state index contributed by atoms with van der Waals surface area (Å²) in [5, 5.41) is 9.51. The Labute approximate surface area is 155 Å². The molecule has 134 valence electrons. The van der Waals surface area contributed by atoms with Crippen molar-refractivity contribution in [1.82, 2.24) is 5.48 Å². The molecule has 0 aliphatic carbocycles. The average Bonchev–Trinajstić information content (AvgIpc) is 3.07. The fourth-order valence-corrected chi connectivity index (χ4v) is 7.26. The van der Waals surface area contributed by atoms with Gasteiger partial charge in [-0.15, -0.1) is 11.3 Å². The first-order chi connectivity index (χ1) is 11.9. The number of sulfone groups is 1. The van der Waals surface area contributed by atoms with Crippen molar-refractivity contribution in [3.8, 4) is 10.4 Å². The van der Waals surface area contributed by atoms with Crippen molar-refractivity contribution in [3.05, 3.63) is 46.3 Å². The van der Waals surface area contributed by atoms with Gasteiger partial charge >= 0.3 is 0 Å². The Morgan fingerprint density at radius 3 is 2.76 bits per heavy atom. The number of amides is 1. The summed E-state index contributed by atoms with van der Waals surface area (Å²) in [6, 6.07) is 11.0. The van der Waals surface area contributed by atoms with E-state index in [2.05, 4.69) is 0 Å². The molecule has 3 rings (SSSR count). The number of hydroxylamine groups is 1. The zero-order valence-electron chi connectivity index (χ0n) is 13.4. The highest BCUT2D eigenvalue weighted by molar-refractivity contribution is 7.92. The van der Waals surface area contributed by atoms with Crippen LogP contribution in [0, 0.1) is 0 Å². The third kappa shape index (κ3) is 3.46. The second kappa shape index (κ2) is 7.07. The fourth-order valence-electron chi connectivity index (χ4n) is 3.29. The number of rotatable bonds is 4. The molecular formula is C17H18ClNO4S2. The molecule has 8 heteroatoms. The molecular weight excluding hydrogens is 382 g/mol. The minimum Gasteiger partial charge on any atom is -0.289 e. The van der Waals surface area contributed by atoms with Crippen LogP contribution in [0.15, 0.2) is 36.4 Å². The van der Waals surface area contributed by atoms with Crippen LogP contribution in [0.3, 0.4) is 0 Å². The van der Waals surface area contributed by atoms with Crippen LogP contribution in [0.4, 0.5) is 0 Å². The van der Waals surface area contributed by atoms with E-state index < -0.39 is 20.5 Å². The number of carbonyl (C=O) groups excluding carboxylic acids is 1. The van der Waals surface area contributed by atoms with Gasteiger partial charge in [0, 0.05) is 14.8 Å². The minimum absolute atomic E-state index is 0.0517. The van der Waals surface area contributed by atoms with Gasteiger partial charge in [0.05, 0.1) is 12.2 Å². The predicted octanol–water partition coefficient (Wildman–Crippen LogP) is 3.76. The van der Waals surface area contributed by atoms with Crippen LogP contribution < -0.4 is 5.48 Å². The third-order valence-corrected chi connectivity index (χ3v) is 8.86. The van der Waals surface area contributed by atoms with Crippen LogP contribution in [-0.4, -0.2) is 25.3 Å². The summed E-state index contributed by atoms with van der Waals surface area (Å²) in [6.45, 7) is 0. The SMILES string of the molecule is O=C(C[C@]1(c2ccc(-c3cccc(Cl)c3)s2)CCCCS1(=O)=O)NO. The van der Waals surface area contributed by atoms with Crippen LogP contribution >= 0.6 is 22.9 Å². The van der Waals surface area contributed by atoms with Crippen molar-refractivity contribution in [3.63, 3.8) is 0 Å². The number of carbonyl (C=O) groups is 1. The van der Waals surface area contributed by atoms with Gasteiger partial charge in [-0.05, 0) is 42.7 Å². The molecule has 1 aromatic heterocycles. The van der Waals surface area contributed by atoms with Gasteiger partial charge in [-0.3, -0.25) is 10.0 Å². The van der Waals surface area contributed by atoms with Crippen molar-refractivity contribution in [2.24, 2.45) is 0 Å². The van der Waals surface area contributed by atoms with Crippen molar-refractivity contribution in [2.75, 3.05) is 5.75 Å². The molecule has 2 aromatic rings. The molecule has 1 fully saturated rings. The summed E-state index contributed by atoms with van der Waals surface area (Å²) in [5.74, 6) is -0.640. The van der Waals surface area contributed by atoms with E-state index in [1.807, 2.05) is 24.3 Å². The summed E-state index contributed by atoms with van der Waals surface area (Å²) < 4.78 is 24.5. The number of hydrogen-bond acceptors (Lipinski definition) is 5. The summed E-state index contributed by atoms with van der Waals surface area (Å²) in [4.78, 5) is 13.4. The molecule has 0 unspecified atom stereocenters. The Morgan fingerprint density at radius 1 is 1.28 bits per heavy atom. The molecule has 25 heavy (non-hydrogen) atoms. The van der Waals surface area contributed by atoms with Crippen LogP contribution in [0.2, 0.25) is 5.02 Å². The van der Waals surface area contributed by atoms with E-state index in [4.69, 9.17) is 16.8 Å². The highest BCUT2D eigenvalue weighted by atomic mass is 35.5. The molecule has 1 aromatic carbocycles. The standard InChI is InChI=1S/C17H18ClNO4S2/c18-13-5-3-4-12(10-13)14-6-7-15(24-14)17(11-16(20)19-21)8-1-2-9-25(17,22)23/h3-7,10,21H,1-2,8-9,11H2,(H,19,20)/t17-/m0/s1. The molecule has 1 aliphatic rings. The number of benzene rings is 1. The Kier molecular flexibility index (Phi) is 5.20. The van der Waals surface area contributed by atoms with Gasteiger partial charge < -0.3 is 0 Å². The zero-order chi connectivity index (χ0) is 18.1. The maximum absolute atomic E-state index is 12.9. The molecule has 1 amide bonds. The highest BCUT2D eigenvalue weighted by Gasteiger charge is 2.49. The van der Waals surface area contributed by atoms with Gasteiger partial charge in [-0.2, -0.15) is 0 Å². The summed E-state index contributed by atoms with van der Waals surface area (Å²) in [7, 11) is -3.51. The van der Waals surface area contributed by atoms with Crippen molar-refractivity contribution in [2.45, 2.75) is 30.4 Å². The largest absolute Gasteiger partial charge is 0.289 e. The van der Waals surface area contributed by atoms with Crippen LogP contribution in [-0.2, 0) is 19.4 Å². The lowest BCUT2D eigenvalue weighted by molar-refractivity contribution is -0.130. The van der Waals surface area contributed by atoms with Gasteiger partial charge in [0.2, 0.25) is 5.91 Å². The Morgan fingerprint density at radius 2 is 2.08 bits per heavy atom. The highest BCUT2D eigenvalue weighted by Crippen LogP contribution is 2.47. The average molecular weight is 400 g/mol. The molecule has 0 saturated carbocycles.